The fourth-order valence-electron chi connectivity index (χ4n) is 1.82. The van der Waals surface area contributed by atoms with Gasteiger partial charge >= 0.3 is 14.5 Å². The van der Waals surface area contributed by atoms with Crippen molar-refractivity contribution in [2.24, 2.45) is 0 Å². The lowest BCUT2D eigenvalue weighted by atomic mass is 10.3. The zero-order valence-electron chi connectivity index (χ0n) is 14.6. The van der Waals surface area contributed by atoms with Crippen LogP contribution in [-0.2, 0) is 18.1 Å². The average molecular weight is 336 g/mol. The Morgan fingerprint density at radius 3 is 2.33 bits per heavy atom. The second kappa shape index (κ2) is 10.5. The Balaban J connectivity index is 3.69. The molecule has 0 aromatic carbocycles. The minimum atomic E-state index is -1.97. The molecule has 0 rings (SSSR count). The van der Waals surface area contributed by atoms with Crippen molar-refractivity contribution >= 4 is 22.8 Å². The Kier molecular flexibility index (Phi) is 10.4. The van der Waals surface area contributed by atoms with Gasteiger partial charge in [0.15, 0.2) is 0 Å². The molecule has 0 spiro atoms. The Hall–Kier alpha value is -0.216. The molecule has 1 atom stereocenters. The number of hydrogen-bond donors (Lipinski definition) is 1. The third-order valence-corrected chi connectivity index (χ3v) is 6.75. The average Bonchev–Trinajstić information content (AvgIpc) is 2.38. The minimum Gasteiger partial charge on any atom is -0.519 e. The highest BCUT2D eigenvalue weighted by molar-refractivity contribution is 6.71. The van der Waals surface area contributed by atoms with E-state index in [1.54, 1.807) is 7.11 Å². The van der Waals surface area contributed by atoms with E-state index >= 15 is 0 Å². The van der Waals surface area contributed by atoms with Crippen molar-refractivity contribution in [2.75, 3.05) is 26.8 Å². The molecule has 0 heterocycles. The van der Waals surface area contributed by atoms with Gasteiger partial charge in [0, 0.05) is 13.7 Å². The monoisotopic (exact) mass is 335 g/mol. The van der Waals surface area contributed by atoms with Gasteiger partial charge < -0.3 is 18.6 Å². The summed E-state index contributed by atoms with van der Waals surface area (Å²) < 4.78 is 16.8. The molecule has 0 aromatic rings. The second-order valence-electron chi connectivity index (χ2n) is 6.41. The van der Waals surface area contributed by atoms with E-state index in [1.165, 1.54) is 0 Å². The molecule has 0 aliphatic carbocycles. The lowest BCUT2D eigenvalue weighted by Gasteiger charge is -2.24. The summed E-state index contributed by atoms with van der Waals surface area (Å²) in [4.78, 5) is 11.5. The van der Waals surface area contributed by atoms with Gasteiger partial charge in [-0.3, -0.25) is 4.79 Å². The smallest absolute Gasteiger partial charge is 0.334 e. The van der Waals surface area contributed by atoms with Crippen LogP contribution in [0.2, 0.25) is 32.2 Å². The molecular weight excluding hydrogens is 302 g/mol. The molecule has 1 N–H and O–H groups in total. The number of carbonyl (C=O) groups is 1. The molecule has 0 radical (unpaired) electrons. The summed E-state index contributed by atoms with van der Waals surface area (Å²) in [5.74, 6) is -0.142. The molecule has 126 valence electrons. The van der Waals surface area contributed by atoms with Gasteiger partial charge in [-0.05, 0) is 51.6 Å². The van der Waals surface area contributed by atoms with Gasteiger partial charge in [-0.1, -0.05) is 13.3 Å². The van der Waals surface area contributed by atoms with Gasteiger partial charge in [-0.25, -0.2) is 0 Å². The largest absolute Gasteiger partial charge is 0.519 e. The molecule has 0 aliphatic heterocycles. The Morgan fingerprint density at radius 1 is 1.14 bits per heavy atom. The minimum absolute atomic E-state index is 0.142. The first-order chi connectivity index (χ1) is 9.72. The van der Waals surface area contributed by atoms with Crippen LogP contribution in [0.15, 0.2) is 0 Å². The van der Waals surface area contributed by atoms with E-state index in [2.05, 4.69) is 18.8 Å². The molecule has 0 saturated heterocycles. The quantitative estimate of drug-likeness (QED) is 0.439. The van der Waals surface area contributed by atoms with E-state index in [9.17, 15) is 4.79 Å². The standard InChI is InChI=1S/C14H33NO4Si2/c1-7-11-18-21(6,17-2)12-9-8-10-15-13-14(16)19-20(3,4)5/h15H,7-13H2,1-6H3. The molecule has 5 nitrogen and oxygen atoms in total. The van der Waals surface area contributed by atoms with E-state index in [-0.39, 0.29) is 5.97 Å². The van der Waals surface area contributed by atoms with Crippen LogP contribution in [0.25, 0.3) is 0 Å². The van der Waals surface area contributed by atoms with Crippen LogP contribution < -0.4 is 5.32 Å². The van der Waals surface area contributed by atoms with Gasteiger partial charge in [0.2, 0.25) is 8.32 Å². The first-order valence-electron chi connectivity index (χ1n) is 7.84. The van der Waals surface area contributed by atoms with Crippen LogP contribution >= 0.6 is 0 Å². The molecule has 0 fully saturated rings. The number of rotatable bonds is 12. The van der Waals surface area contributed by atoms with Crippen LogP contribution in [0, 0.1) is 0 Å². The van der Waals surface area contributed by atoms with Crippen LogP contribution in [0.1, 0.15) is 26.2 Å². The van der Waals surface area contributed by atoms with Crippen LogP contribution in [0.4, 0.5) is 0 Å². The van der Waals surface area contributed by atoms with Gasteiger partial charge in [-0.2, -0.15) is 0 Å². The summed E-state index contributed by atoms with van der Waals surface area (Å²) in [7, 11) is -1.98. The topological polar surface area (TPSA) is 56.8 Å². The molecular formula is C14H33NO4Si2. The highest BCUT2D eigenvalue weighted by atomic mass is 28.4. The SMILES string of the molecule is CCCO[Si](C)(CCCCNCC(=O)O[Si](C)(C)C)OC. The van der Waals surface area contributed by atoms with Crippen molar-refractivity contribution in [3.05, 3.63) is 0 Å². The van der Waals surface area contributed by atoms with E-state index in [4.69, 9.17) is 13.3 Å². The number of unbranched alkanes of at least 4 members (excludes halogenated alkanes) is 1. The predicted octanol–water partition coefficient (Wildman–Crippen LogP) is 2.88. The van der Waals surface area contributed by atoms with Crippen LogP contribution in [-0.4, -0.2) is 49.7 Å². The molecule has 0 bridgehead atoms. The molecule has 0 aliphatic rings. The molecule has 0 aromatic heterocycles. The third-order valence-electron chi connectivity index (χ3n) is 2.97. The maximum absolute atomic E-state index is 11.5. The zero-order chi connectivity index (χ0) is 16.4. The summed E-state index contributed by atoms with van der Waals surface area (Å²) in [5, 5.41) is 3.14. The number of nitrogens with one attached hydrogen (secondary N) is 1. The Labute approximate surface area is 132 Å². The molecule has 7 heteroatoms. The number of hydrogen-bond acceptors (Lipinski definition) is 5. The summed E-state index contributed by atoms with van der Waals surface area (Å²) in [5.41, 5.74) is 0. The number of carbonyl (C=O) groups excluding carboxylic acids is 1. The third kappa shape index (κ3) is 12.1. The van der Waals surface area contributed by atoms with E-state index in [0.29, 0.717) is 6.54 Å². The highest BCUT2D eigenvalue weighted by Crippen LogP contribution is 2.16. The summed E-state index contributed by atoms with van der Waals surface area (Å²) >= 11 is 0. The predicted molar refractivity (Wildman–Crippen MR) is 91.2 cm³/mol. The lowest BCUT2D eigenvalue weighted by Crippen LogP contribution is -2.38. The zero-order valence-corrected chi connectivity index (χ0v) is 16.6. The maximum Gasteiger partial charge on any atom is 0.334 e. The summed E-state index contributed by atoms with van der Waals surface area (Å²) in [6.45, 7) is 12.2. The van der Waals surface area contributed by atoms with E-state index in [0.717, 1.165) is 38.5 Å². The van der Waals surface area contributed by atoms with Crippen molar-refractivity contribution in [2.45, 2.75) is 58.4 Å². The Morgan fingerprint density at radius 2 is 1.81 bits per heavy atom. The van der Waals surface area contributed by atoms with Gasteiger partial charge in [-0.15, -0.1) is 0 Å². The molecule has 0 saturated carbocycles. The lowest BCUT2D eigenvalue weighted by molar-refractivity contribution is -0.134. The first kappa shape index (κ1) is 20.8. The highest BCUT2D eigenvalue weighted by Gasteiger charge is 2.28. The first-order valence-corrected chi connectivity index (χ1v) is 13.8. The van der Waals surface area contributed by atoms with Crippen molar-refractivity contribution in [1.82, 2.24) is 5.32 Å². The summed E-state index contributed by atoms with van der Waals surface area (Å²) in [6.07, 6.45) is 3.09. The van der Waals surface area contributed by atoms with Crippen molar-refractivity contribution in [3.63, 3.8) is 0 Å². The molecule has 1 unspecified atom stereocenters. The van der Waals surface area contributed by atoms with Crippen molar-refractivity contribution in [1.29, 1.82) is 0 Å². The van der Waals surface area contributed by atoms with E-state index in [1.807, 2.05) is 19.6 Å². The molecule has 0 amide bonds. The fraction of sp³-hybridized carbons (Fsp3) is 0.929. The van der Waals surface area contributed by atoms with Gasteiger partial charge in [0.05, 0.1) is 6.54 Å². The maximum atomic E-state index is 11.5. The van der Waals surface area contributed by atoms with Crippen LogP contribution in [0.5, 0.6) is 0 Å². The fourth-order valence-corrected chi connectivity index (χ4v) is 4.56. The normalized spacial score (nSPS) is 14.8. The van der Waals surface area contributed by atoms with Gasteiger partial charge in [0.1, 0.15) is 0 Å². The second-order valence-corrected chi connectivity index (χ2v) is 14.3. The van der Waals surface area contributed by atoms with Crippen molar-refractivity contribution in [3.8, 4) is 0 Å². The van der Waals surface area contributed by atoms with E-state index < -0.39 is 16.9 Å². The van der Waals surface area contributed by atoms with Crippen molar-refractivity contribution < 1.29 is 18.1 Å². The Bertz CT molecular complexity index is 297. The summed E-state index contributed by atoms with van der Waals surface area (Å²) in [6, 6.07) is 0.991. The van der Waals surface area contributed by atoms with Crippen LogP contribution in [0.3, 0.4) is 0 Å². The van der Waals surface area contributed by atoms with Gasteiger partial charge in [0.25, 0.3) is 0 Å². The molecule has 21 heavy (non-hydrogen) atoms.